The lowest BCUT2D eigenvalue weighted by atomic mass is 10.5. The second-order valence-corrected chi connectivity index (χ2v) is 4.96. The third kappa shape index (κ3) is 5.72. The third-order valence-corrected chi connectivity index (χ3v) is 2.97. The molecule has 1 aromatic rings. The quantitative estimate of drug-likeness (QED) is 0.558. The van der Waals surface area contributed by atoms with Crippen molar-refractivity contribution in [2.45, 2.75) is 26.4 Å². The van der Waals surface area contributed by atoms with Gasteiger partial charge in [0.25, 0.3) is 0 Å². The van der Waals surface area contributed by atoms with E-state index >= 15 is 0 Å². The second kappa shape index (κ2) is 7.62. The number of nitrogens with one attached hydrogen (secondary N) is 1. The molecule has 0 unspecified atom stereocenters. The Hall–Kier alpha value is -0.910. The Morgan fingerprint density at radius 3 is 2.95 bits per heavy atom. The Morgan fingerprint density at radius 2 is 2.21 bits per heavy atom. The lowest BCUT2D eigenvalue weighted by Gasteiger charge is -2.08. The summed E-state index contributed by atoms with van der Waals surface area (Å²) in [5, 5.41) is 3.60. The van der Waals surface area contributed by atoms with E-state index in [1.807, 2.05) is 6.92 Å². The molecular formula is C13H20ClN3O2. The van der Waals surface area contributed by atoms with Crippen molar-refractivity contribution in [3.63, 3.8) is 0 Å². The molecule has 0 radical (unpaired) electrons. The van der Waals surface area contributed by atoms with Crippen LogP contribution in [0.2, 0.25) is 5.15 Å². The topological polar surface area (TPSA) is 56.3 Å². The minimum Gasteiger partial charge on any atom is -0.379 e. The molecule has 1 N–H and O–H groups in total. The number of hydrogen-bond donors (Lipinski definition) is 1. The average molecular weight is 286 g/mol. The van der Waals surface area contributed by atoms with Crippen molar-refractivity contribution < 1.29 is 9.47 Å². The van der Waals surface area contributed by atoms with Crippen LogP contribution in [0.25, 0.3) is 0 Å². The van der Waals surface area contributed by atoms with E-state index in [-0.39, 0.29) is 0 Å². The minimum absolute atomic E-state index is 0.379. The van der Waals surface area contributed by atoms with Gasteiger partial charge < -0.3 is 14.8 Å². The zero-order valence-electron chi connectivity index (χ0n) is 11.2. The smallest absolute Gasteiger partial charge is 0.158 e. The molecule has 0 bridgehead atoms. The number of hydrogen-bond acceptors (Lipinski definition) is 5. The monoisotopic (exact) mass is 285 g/mol. The molecule has 1 heterocycles. The van der Waals surface area contributed by atoms with Gasteiger partial charge in [-0.15, -0.1) is 0 Å². The summed E-state index contributed by atoms with van der Waals surface area (Å²) in [4.78, 5) is 8.43. The highest BCUT2D eigenvalue weighted by Crippen LogP contribution is 2.28. The summed E-state index contributed by atoms with van der Waals surface area (Å²) in [5.74, 6) is 2.10. The molecule has 6 heteroatoms. The van der Waals surface area contributed by atoms with Crippen molar-refractivity contribution in [1.29, 1.82) is 0 Å². The number of ether oxygens (including phenoxy) is 2. The van der Waals surface area contributed by atoms with Gasteiger partial charge in [0, 0.05) is 25.8 Å². The molecule has 1 saturated carbocycles. The average Bonchev–Trinajstić information content (AvgIpc) is 3.19. The Labute approximate surface area is 118 Å². The highest BCUT2D eigenvalue weighted by atomic mass is 35.5. The fraction of sp³-hybridized carbons (Fsp3) is 0.692. The molecule has 106 valence electrons. The number of anilines is 1. The first-order valence-corrected chi connectivity index (χ1v) is 7.08. The maximum absolute atomic E-state index is 5.94. The maximum Gasteiger partial charge on any atom is 0.158 e. The van der Waals surface area contributed by atoms with E-state index in [0.717, 1.165) is 12.5 Å². The molecule has 0 saturated heterocycles. The van der Waals surface area contributed by atoms with Crippen molar-refractivity contribution >= 4 is 17.4 Å². The van der Waals surface area contributed by atoms with Gasteiger partial charge in [-0.3, -0.25) is 0 Å². The van der Waals surface area contributed by atoms with Crippen LogP contribution in [0.3, 0.4) is 0 Å². The summed E-state index contributed by atoms with van der Waals surface area (Å²) < 4.78 is 10.8. The van der Waals surface area contributed by atoms with Gasteiger partial charge in [-0.1, -0.05) is 11.6 Å². The van der Waals surface area contributed by atoms with Crippen molar-refractivity contribution in [2.75, 3.05) is 31.7 Å². The van der Waals surface area contributed by atoms with Crippen LogP contribution < -0.4 is 5.32 Å². The van der Waals surface area contributed by atoms with Crippen LogP contribution in [0, 0.1) is 5.92 Å². The molecule has 0 atom stereocenters. The van der Waals surface area contributed by atoms with E-state index in [0.29, 0.717) is 43.2 Å². The first-order valence-electron chi connectivity index (χ1n) is 6.70. The third-order valence-electron chi connectivity index (χ3n) is 2.78. The molecule has 0 aromatic carbocycles. The van der Waals surface area contributed by atoms with Crippen LogP contribution in [0.4, 0.5) is 5.82 Å². The minimum atomic E-state index is 0.379. The van der Waals surface area contributed by atoms with Crippen LogP contribution >= 0.6 is 11.6 Å². The molecule has 0 amide bonds. The summed E-state index contributed by atoms with van der Waals surface area (Å²) >= 11 is 5.94. The summed E-state index contributed by atoms with van der Waals surface area (Å²) in [6, 6.07) is 1.71. The molecule has 2 rings (SSSR count). The van der Waals surface area contributed by atoms with E-state index < -0.39 is 0 Å². The summed E-state index contributed by atoms with van der Waals surface area (Å²) in [7, 11) is 0. The Bertz CT molecular complexity index is 399. The lowest BCUT2D eigenvalue weighted by Crippen LogP contribution is -2.12. The number of halogens is 1. The fourth-order valence-corrected chi connectivity index (χ4v) is 1.80. The maximum atomic E-state index is 5.94. The number of aromatic nitrogens is 2. The first kappa shape index (κ1) is 14.5. The summed E-state index contributed by atoms with van der Waals surface area (Å²) in [5.41, 5.74) is 0. The molecule has 0 aliphatic heterocycles. The van der Waals surface area contributed by atoms with E-state index in [2.05, 4.69) is 15.3 Å². The van der Waals surface area contributed by atoms with Crippen molar-refractivity contribution in [1.82, 2.24) is 9.97 Å². The lowest BCUT2D eigenvalue weighted by molar-refractivity contribution is 0.128. The normalized spacial score (nSPS) is 14.6. The van der Waals surface area contributed by atoms with Gasteiger partial charge in [0.05, 0.1) is 6.61 Å². The Morgan fingerprint density at radius 1 is 1.37 bits per heavy atom. The van der Waals surface area contributed by atoms with Gasteiger partial charge >= 0.3 is 0 Å². The molecule has 1 fully saturated rings. The van der Waals surface area contributed by atoms with Gasteiger partial charge in [0.15, 0.2) is 5.82 Å². The highest BCUT2D eigenvalue weighted by Gasteiger charge is 2.20. The number of nitrogens with zero attached hydrogens (tertiary/aromatic N) is 2. The fourth-order valence-electron chi connectivity index (χ4n) is 1.60. The Balaban J connectivity index is 1.72. The van der Waals surface area contributed by atoms with E-state index in [4.69, 9.17) is 21.1 Å². The van der Waals surface area contributed by atoms with Crippen LogP contribution in [-0.4, -0.2) is 36.3 Å². The number of rotatable bonds is 9. The van der Waals surface area contributed by atoms with Gasteiger partial charge in [0.1, 0.15) is 17.6 Å². The zero-order chi connectivity index (χ0) is 13.5. The second-order valence-electron chi connectivity index (χ2n) is 4.57. The van der Waals surface area contributed by atoms with E-state index in [1.54, 1.807) is 6.07 Å². The largest absolute Gasteiger partial charge is 0.379 e. The predicted octanol–water partition coefficient (Wildman–Crippen LogP) is 2.51. The van der Waals surface area contributed by atoms with E-state index in [1.165, 1.54) is 12.8 Å². The van der Waals surface area contributed by atoms with Crippen molar-refractivity contribution in [3.8, 4) is 0 Å². The van der Waals surface area contributed by atoms with Gasteiger partial charge in [-0.25, -0.2) is 9.97 Å². The van der Waals surface area contributed by atoms with Gasteiger partial charge in [-0.2, -0.15) is 0 Å². The Kier molecular flexibility index (Phi) is 5.82. The van der Waals surface area contributed by atoms with Crippen LogP contribution in [0.5, 0.6) is 0 Å². The molecule has 5 nitrogen and oxygen atoms in total. The zero-order valence-corrected chi connectivity index (χ0v) is 11.9. The standard InChI is InChI=1S/C13H20ClN3O2/c1-2-18-9-13-16-11(14)7-12(17-13)15-5-6-19-8-10-3-4-10/h7,10H,2-6,8-9H2,1H3,(H,15,16,17). The van der Waals surface area contributed by atoms with Gasteiger partial charge in [0.2, 0.25) is 0 Å². The molecular weight excluding hydrogens is 266 g/mol. The molecule has 0 spiro atoms. The molecule has 1 aromatic heterocycles. The molecule has 19 heavy (non-hydrogen) atoms. The molecule has 1 aliphatic carbocycles. The van der Waals surface area contributed by atoms with Crippen LogP contribution in [0.1, 0.15) is 25.6 Å². The summed E-state index contributed by atoms with van der Waals surface area (Å²) in [6.07, 6.45) is 2.63. The predicted molar refractivity (Wildman–Crippen MR) is 74.4 cm³/mol. The van der Waals surface area contributed by atoms with Crippen molar-refractivity contribution in [3.05, 3.63) is 17.0 Å². The van der Waals surface area contributed by atoms with Gasteiger partial charge in [-0.05, 0) is 25.7 Å². The highest BCUT2D eigenvalue weighted by molar-refractivity contribution is 6.29. The summed E-state index contributed by atoms with van der Waals surface area (Å²) in [6.45, 7) is 5.22. The van der Waals surface area contributed by atoms with Crippen LogP contribution in [-0.2, 0) is 16.1 Å². The van der Waals surface area contributed by atoms with Crippen molar-refractivity contribution in [2.24, 2.45) is 5.92 Å². The SMILES string of the molecule is CCOCc1nc(Cl)cc(NCCOCC2CC2)n1. The van der Waals surface area contributed by atoms with E-state index in [9.17, 15) is 0 Å². The molecule has 1 aliphatic rings. The van der Waals surface area contributed by atoms with Crippen LogP contribution in [0.15, 0.2) is 6.07 Å². The first-order chi connectivity index (χ1) is 9.28.